The molecule has 19 heavy (non-hydrogen) atoms. The Labute approximate surface area is 117 Å². The molecule has 1 aromatic carbocycles. The molecule has 0 N–H and O–H groups in total. The molecule has 3 nitrogen and oxygen atoms in total. The molecule has 0 spiro atoms. The highest BCUT2D eigenvalue weighted by atomic mass is 16.6. The second kappa shape index (κ2) is 11.7. The summed E-state index contributed by atoms with van der Waals surface area (Å²) >= 11 is 0. The van der Waals surface area contributed by atoms with Crippen LogP contribution in [0.15, 0.2) is 40.7 Å². The van der Waals surface area contributed by atoms with E-state index in [2.05, 4.69) is 17.3 Å². The highest BCUT2D eigenvalue weighted by Crippen LogP contribution is 2.11. The molecule has 0 atom stereocenters. The van der Waals surface area contributed by atoms with Gasteiger partial charge in [-0.25, -0.2) is 0 Å². The summed E-state index contributed by atoms with van der Waals surface area (Å²) in [6, 6.07) is 9.65. The van der Waals surface area contributed by atoms with Gasteiger partial charge in [0.25, 0.3) is 0 Å². The van der Waals surface area contributed by atoms with Gasteiger partial charge in [-0.2, -0.15) is 0 Å². The lowest BCUT2D eigenvalue weighted by Crippen LogP contribution is -1.87. The molecule has 0 fully saturated rings. The highest BCUT2D eigenvalue weighted by Gasteiger charge is 1.92. The fourth-order valence-electron chi connectivity index (χ4n) is 1.91. The third-order valence-corrected chi connectivity index (χ3v) is 3.06. The maximum atomic E-state index is 5.14. The van der Waals surface area contributed by atoms with Crippen molar-refractivity contribution in [2.75, 3.05) is 6.61 Å². The minimum Gasteiger partial charge on any atom is -0.379 e. The Morgan fingerprint density at radius 3 is 2.16 bits per heavy atom. The zero-order chi connectivity index (χ0) is 13.6. The van der Waals surface area contributed by atoms with Crippen molar-refractivity contribution in [2.45, 2.75) is 58.3 Å². The fraction of sp³-hybridized carbons (Fsp3) is 0.625. The van der Waals surface area contributed by atoms with Crippen molar-refractivity contribution in [1.82, 2.24) is 0 Å². The van der Waals surface area contributed by atoms with Crippen molar-refractivity contribution in [3.63, 3.8) is 0 Å². The van der Waals surface area contributed by atoms with Gasteiger partial charge >= 0.3 is 0 Å². The quantitative estimate of drug-likeness (QED) is 0.280. The van der Waals surface area contributed by atoms with Crippen LogP contribution in [0.5, 0.6) is 0 Å². The Balaban J connectivity index is 1.87. The van der Waals surface area contributed by atoms with E-state index in [1.54, 1.807) is 0 Å². The fourth-order valence-corrected chi connectivity index (χ4v) is 1.91. The summed E-state index contributed by atoms with van der Waals surface area (Å²) in [5.74, 6) is 0. The molecular weight excluding hydrogens is 236 g/mol. The Hall–Kier alpha value is -1.38. The van der Waals surface area contributed by atoms with Crippen molar-refractivity contribution in [3.8, 4) is 0 Å². The number of hydrogen-bond acceptors (Lipinski definition) is 3. The zero-order valence-corrected chi connectivity index (χ0v) is 12.1. The highest BCUT2D eigenvalue weighted by molar-refractivity contribution is 5.34. The van der Waals surface area contributed by atoms with E-state index in [0.717, 1.165) is 12.1 Å². The van der Waals surface area contributed by atoms with E-state index in [1.807, 2.05) is 30.3 Å². The van der Waals surface area contributed by atoms with Gasteiger partial charge in [0.15, 0.2) is 0 Å². The molecule has 1 aromatic rings. The van der Waals surface area contributed by atoms with Crippen LogP contribution in [-0.4, -0.2) is 6.61 Å². The summed E-state index contributed by atoms with van der Waals surface area (Å²) in [6.07, 6.45) is 10.4. The first-order valence-corrected chi connectivity index (χ1v) is 7.51. The van der Waals surface area contributed by atoms with Gasteiger partial charge < -0.3 is 4.84 Å². The number of rotatable bonds is 11. The van der Waals surface area contributed by atoms with Crippen LogP contribution in [0.3, 0.4) is 0 Å². The molecule has 0 radical (unpaired) electrons. The van der Waals surface area contributed by atoms with Gasteiger partial charge in [-0.05, 0) is 25.0 Å². The van der Waals surface area contributed by atoms with Gasteiger partial charge in [-0.1, -0.05) is 63.6 Å². The Morgan fingerprint density at radius 1 is 0.842 bits per heavy atom. The second-order valence-corrected chi connectivity index (χ2v) is 4.83. The van der Waals surface area contributed by atoms with E-state index in [9.17, 15) is 0 Å². The smallest absolute Gasteiger partial charge is 0.119 e. The molecule has 0 bridgehead atoms. The molecule has 0 unspecified atom stereocenters. The Kier molecular flexibility index (Phi) is 9.65. The van der Waals surface area contributed by atoms with Gasteiger partial charge in [0.05, 0.1) is 5.69 Å². The summed E-state index contributed by atoms with van der Waals surface area (Å²) in [7, 11) is 0. The molecule has 1 rings (SSSR count). The number of nitrogens with zero attached hydrogens (tertiary/aromatic N) is 2. The molecule has 0 aliphatic rings. The zero-order valence-electron chi connectivity index (χ0n) is 12.1. The largest absolute Gasteiger partial charge is 0.379 e. The Morgan fingerprint density at radius 2 is 1.47 bits per heavy atom. The number of unbranched alkanes of at least 4 members (excludes halogenated alkanes) is 7. The molecule has 3 heteroatoms. The minimum atomic E-state index is 0.672. The maximum Gasteiger partial charge on any atom is 0.119 e. The third kappa shape index (κ3) is 9.23. The van der Waals surface area contributed by atoms with Crippen LogP contribution in [0.4, 0.5) is 5.69 Å². The lowest BCUT2D eigenvalue weighted by Gasteiger charge is -2.00. The lowest BCUT2D eigenvalue weighted by molar-refractivity contribution is 0.121. The van der Waals surface area contributed by atoms with Crippen LogP contribution >= 0.6 is 0 Å². The SMILES string of the molecule is CCCCCCCCCCON=Nc1ccccc1. The molecule has 0 aromatic heterocycles. The Bertz CT molecular complexity index is 325. The van der Waals surface area contributed by atoms with Crippen LogP contribution in [-0.2, 0) is 4.84 Å². The summed E-state index contributed by atoms with van der Waals surface area (Å²) < 4.78 is 0. The summed E-state index contributed by atoms with van der Waals surface area (Å²) in [5, 5.41) is 7.70. The van der Waals surface area contributed by atoms with Crippen molar-refractivity contribution in [2.24, 2.45) is 10.4 Å². The van der Waals surface area contributed by atoms with E-state index < -0.39 is 0 Å². The summed E-state index contributed by atoms with van der Waals surface area (Å²) in [4.78, 5) is 5.14. The summed E-state index contributed by atoms with van der Waals surface area (Å²) in [6.45, 7) is 2.92. The van der Waals surface area contributed by atoms with E-state index >= 15 is 0 Å². The van der Waals surface area contributed by atoms with Gasteiger partial charge in [-0.15, -0.1) is 5.11 Å². The van der Waals surface area contributed by atoms with Crippen LogP contribution in [0.25, 0.3) is 0 Å². The molecule has 106 valence electrons. The second-order valence-electron chi connectivity index (χ2n) is 4.83. The van der Waals surface area contributed by atoms with Crippen LogP contribution in [0.1, 0.15) is 58.3 Å². The van der Waals surface area contributed by atoms with E-state index in [4.69, 9.17) is 4.84 Å². The standard InChI is InChI=1S/C16H26N2O/c1-2-3-4-5-6-7-8-12-15-19-18-17-16-13-10-9-11-14-16/h9-11,13-14H,2-8,12,15H2,1H3. The van der Waals surface area contributed by atoms with Gasteiger partial charge in [-0.3, -0.25) is 0 Å². The predicted octanol–water partition coefficient (Wildman–Crippen LogP) is 5.84. The molecule has 0 aliphatic carbocycles. The van der Waals surface area contributed by atoms with Crippen molar-refractivity contribution >= 4 is 5.69 Å². The van der Waals surface area contributed by atoms with Gasteiger partial charge in [0, 0.05) is 5.28 Å². The van der Waals surface area contributed by atoms with Crippen molar-refractivity contribution in [1.29, 1.82) is 0 Å². The van der Waals surface area contributed by atoms with Crippen LogP contribution < -0.4 is 0 Å². The van der Waals surface area contributed by atoms with E-state index in [0.29, 0.717) is 6.61 Å². The van der Waals surface area contributed by atoms with Crippen LogP contribution in [0.2, 0.25) is 0 Å². The first-order chi connectivity index (χ1) is 9.43. The number of benzene rings is 1. The van der Waals surface area contributed by atoms with Gasteiger partial charge in [0.2, 0.25) is 0 Å². The molecule has 0 heterocycles. The maximum absolute atomic E-state index is 5.14. The summed E-state index contributed by atoms with van der Waals surface area (Å²) in [5.41, 5.74) is 0.832. The first-order valence-electron chi connectivity index (χ1n) is 7.51. The molecule has 0 amide bonds. The minimum absolute atomic E-state index is 0.672. The van der Waals surface area contributed by atoms with Crippen molar-refractivity contribution in [3.05, 3.63) is 30.3 Å². The monoisotopic (exact) mass is 262 g/mol. The molecular formula is C16H26N2O. The van der Waals surface area contributed by atoms with Gasteiger partial charge in [0.1, 0.15) is 6.61 Å². The average molecular weight is 262 g/mol. The lowest BCUT2D eigenvalue weighted by atomic mass is 10.1. The van der Waals surface area contributed by atoms with Crippen molar-refractivity contribution < 1.29 is 4.84 Å². The van der Waals surface area contributed by atoms with E-state index in [-0.39, 0.29) is 0 Å². The first kappa shape index (κ1) is 15.7. The number of hydrogen-bond donors (Lipinski definition) is 0. The van der Waals surface area contributed by atoms with Crippen LogP contribution in [0, 0.1) is 0 Å². The molecule has 0 saturated heterocycles. The molecule has 0 saturated carbocycles. The topological polar surface area (TPSA) is 34.0 Å². The molecule has 0 aliphatic heterocycles. The predicted molar refractivity (Wildman–Crippen MR) is 79.5 cm³/mol. The third-order valence-electron chi connectivity index (χ3n) is 3.06. The normalized spacial score (nSPS) is 11.0. The van der Waals surface area contributed by atoms with E-state index in [1.165, 1.54) is 44.9 Å². The average Bonchev–Trinajstić information content (AvgIpc) is 2.46.